The second kappa shape index (κ2) is 7.36. The minimum Gasteiger partial charge on any atom is -0.347 e. The fourth-order valence-corrected chi connectivity index (χ4v) is 3.35. The molecule has 0 spiro atoms. The Hall–Kier alpha value is -4.14. The third kappa shape index (κ3) is 3.16. The second-order valence-corrected chi connectivity index (χ2v) is 6.72. The molecule has 4 aromatic rings. The first-order valence-corrected chi connectivity index (χ1v) is 9.10. The van der Waals surface area contributed by atoms with Crippen LogP contribution in [-0.2, 0) is 0 Å². The van der Waals surface area contributed by atoms with Crippen LogP contribution in [0.3, 0.4) is 0 Å². The smallest absolute Gasteiger partial charge is 0.304 e. The molecular formula is C21H16N5O4. The van der Waals surface area contributed by atoms with E-state index in [-0.39, 0.29) is 40.2 Å². The lowest BCUT2D eigenvalue weighted by atomic mass is 10.0. The average molecular weight is 402 g/mol. The van der Waals surface area contributed by atoms with Crippen molar-refractivity contribution in [1.82, 2.24) is 15.0 Å². The molecule has 3 N–H and O–H groups in total. The number of nitro groups is 1. The molecule has 1 radical (unpaired) electrons. The molecule has 9 heteroatoms. The molecule has 0 saturated heterocycles. The Bertz CT molecular complexity index is 1400. The number of aromatic nitrogens is 3. The number of carbonyl (C=O) groups is 1. The van der Waals surface area contributed by atoms with E-state index in [1.54, 1.807) is 37.6 Å². The summed E-state index contributed by atoms with van der Waals surface area (Å²) in [5.41, 5.74) is 0.384. The summed E-state index contributed by atoms with van der Waals surface area (Å²) in [6, 6.07) is 11.3. The Kier molecular flexibility index (Phi) is 4.71. The molecule has 0 unspecified atom stereocenters. The van der Waals surface area contributed by atoms with E-state index in [0.29, 0.717) is 16.6 Å². The number of aromatic amines is 2. The Morgan fingerprint density at radius 1 is 1.20 bits per heavy atom. The van der Waals surface area contributed by atoms with Gasteiger partial charge in [-0.1, -0.05) is 19.1 Å². The van der Waals surface area contributed by atoms with Gasteiger partial charge in [-0.05, 0) is 43.2 Å². The van der Waals surface area contributed by atoms with Gasteiger partial charge in [-0.3, -0.25) is 19.7 Å². The van der Waals surface area contributed by atoms with Gasteiger partial charge in [-0.25, -0.2) is 4.98 Å². The molecule has 0 aliphatic rings. The van der Waals surface area contributed by atoms with E-state index in [4.69, 9.17) is 5.41 Å². The highest BCUT2D eigenvalue weighted by molar-refractivity contribution is 6.45. The molecule has 0 aliphatic carbocycles. The van der Waals surface area contributed by atoms with Gasteiger partial charge in [0.15, 0.2) is 5.69 Å². The molecule has 0 fully saturated rings. The highest BCUT2D eigenvalue weighted by atomic mass is 16.6. The van der Waals surface area contributed by atoms with Crippen molar-refractivity contribution < 1.29 is 9.72 Å². The van der Waals surface area contributed by atoms with Gasteiger partial charge in [-0.2, -0.15) is 0 Å². The van der Waals surface area contributed by atoms with Crippen LogP contribution < -0.4 is 5.56 Å². The van der Waals surface area contributed by atoms with Crippen LogP contribution in [0.5, 0.6) is 0 Å². The number of Topliss-reactive ketones (excluding diaryl/α,β-unsaturated/α-hetero) is 1. The maximum atomic E-state index is 12.6. The predicted molar refractivity (Wildman–Crippen MR) is 113 cm³/mol. The van der Waals surface area contributed by atoms with Crippen molar-refractivity contribution in [1.29, 1.82) is 5.41 Å². The summed E-state index contributed by atoms with van der Waals surface area (Å²) in [6.45, 7) is 1.74. The largest absolute Gasteiger partial charge is 0.347 e. The number of hydrogen-bond acceptors (Lipinski definition) is 6. The zero-order valence-electron chi connectivity index (χ0n) is 15.9. The minimum absolute atomic E-state index is 0.0384. The summed E-state index contributed by atoms with van der Waals surface area (Å²) in [7, 11) is 0. The first-order chi connectivity index (χ1) is 14.4. The van der Waals surface area contributed by atoms with Crippen molar-refractivity contribution in [3.63, 3.8) is 0 Å². The van der Waals surface area contributed by atoms with Crippen LogP contribution in [0.2, 0.25) is 0 Å². The Morgan fingerprint density at radius 3 is 2.70 bits per heavy atom. The van der Waals surface area contributed by atoms with Crippen LogP contribution in [0.1, 0.15) is 23.7 Å². The summed E-state index contributed by atoms with van der Waals surface area (Å²) < 4.78 is 0. The van der Waals surface area contributed by atoms with Crippen molar-refractivity contribution in [3.05, 3.63) is 74.9 Å². The fraction of sp³-hybridized carbons (Fsp3) is 0.0952. The van der Waals surface area contributed by atoms with Crippen LogP contribution in [0, 0.1) is 21.9 Å². The predicted octanol–water partition coefficient (Wildman–Crippen LogP) is 3.80. The zero-order valence-corrected chi connectivity index (χ0v) is 15.9. The molecule has 2 heterocycles. The fourth-order valence-electron chi connectivity index (χ4n) is 3.35. The SMILES string of the molecule is C[CH]CC(=N)C(=O)c1ccc2[nH]c(-c3nc4ccccc4[nH]c3=O)c([N+](=O)[O-])c2c1. The molecule has 4 rings (SSSR count). The Morgan fingerprint density at radius 2 is 1.97 bits per heavy atom. The first-order valence-electron chi connectivity index (χ1n) is 9.10. The lowest BCUT2D eigenvalue weighted by Crippen LogP contribution is -2.12. The standard InChI is InChI=1S/C21H16N5O4/c1-2-5-13(22)20(27)11-8-9-14-12(10-11)19(26(29)30)17(23-14)18-21(28)25-16-7-4-3-6-15(16)24-18/h2-4,6-10,22-23H,5H2,1H3,(H,25,28). The van der Waals surface area contributed by atoms with E-state index < -0.39 is 16.3 Å². The number of fused-ring (bicyclic) bond motifs is 2. The van der Waals surface area contributed by atoms with E-state index in [9.17, 15) is 19.7 Å². The quantitative estimate of drug-likeness (QED) is 0.194. The number of para-hydroxylation sites is 2. The summed E-state index contributed by atoms with van der Waals surface area (Å²) in [6.07, 6.45) is 1.89. The highest BCUT2D eigenvalue weighted by Crippen LogP contribution is 2.35. The number of carbonyl (C=O) groups excluding carboxylic acids is 1. The maximum Gasteiger partial charge on any atom is 0.304 e. The first kappa shape index (κ1) is 19.2. The topological polar surface area (TPSA) is 146 Å². The molecule has 0 bridgehead atoms. The molecule has 149 valence electrons. The van der Waals surface area contributed by atoms with Gasteiger partial charge in [0.25, 0.3) is 5.56 Å². The number of hydrogen-bond donors (Lipinski definition) is 3. The summed E-state index contributed by atoms with van der Waals surface area (Å²) in [5, 5.41) is 19.9. The molecule has 2 aromatic heterocycles. The van der Waals surface area contributed by atoms with Gasteiger partial charge >= 0.3 is 5.69 Å². The van der Waals surface area contributed by atoms with Crippen LogP contribution in [-0.4, -0.2) is 31.4 Å². The normalized spacial score (nSPS) is 11.1. The van der Waals surface area contributed by atoms with Gasteiger partial charge in [0.05, 0.1) is 32.6 Å². The van der Waals surface area contributed by atoms with Crippen LogP contribution >= 0.6 is 0 Å². The van der Waals surface area contributed by atoms with E-state index in [2.05, 4.69) is 15.0 Å². The van der Waals surface area contributed by atoms with Crippen molar-refractivity contribution in [3.8, 4) is 11.4 Å². The van der Waals surface area contributed by atoms with Crippen molar-refractivity contribution in [2.24, 2.45) is 0 Å². The zero-order chi connectivity index (χ0) is 21.4. The van der Waals surface area contributed by atoms with Gasteiger partial charge < -0.3 is 15.4 Å². The number of ketones is 1. The monoisotopic (exact) mass is 402 g/mol. The van der Waals surface area contributed by atoms with Crippen LogP contribution in [0.4, 0.5) is 5.69 Å². The number of H-pyrrole nitrogens is 2. The van der Waals surface area contributed by atoms with E-state index in [0.717, 1.165) is 0 Å². The highest BCUT2D eigenvalue weighted by Gasteiger charge is 2.27. The third-order valence-electron chi connectivity index (χ3n) is 4.73. The Labute approximate surface area is 169 Å². The lowest BCUT2D eigenvalue weighted by molar-refractivity contribution is -0.382. The van der Waals surface area contributed by atoms with E-state index in [1.807, 2.05) is 0 Å². The molecule has 0 aliphatic heterocycles. The van der Waals surface area contributed by atoms with Crippen LogP contribution in [0.25, 0.3) is 33.3 Å². The van der Waals surface area contributed by atoms with Gasteiger partial charge in [0.2, 0.25) is 5.78 Å². The number of nitrogens with zero attached hydrogens (tertiary/aromatic N) is 2. The van der Waals surface area contributed by atoms with E-state index in [1.165, 1.54) is 18.2 Å². The average Bonchev–Trinajstić information content (AvgIpc) is 3.11. The molecule has 30 heavy (non-hydrogen) atoms. The van der Waals surface area contributed by atoms with Crippen LogP contribution in [0.15, 0.2) is 47.3 Å². The molecule has 0 saturated carbocycles. The molecular weight excluding hydrogens is 386 g/mol. The third-order valence-corrected chi connectivity index (χ3v) is 4.73. The molecule has 0 atom stereocenters. The number of benzene rings is 2. The summed E-state index contributed by atoms with van der Waals surface area (Å²) in [5.74, 6) is -0.506. The van der Waals surface area contributed by atoms with Gasteiger partial charge in [-0.15, -0.1) is 0 Å². The van der Waals surface area contributed by atoms with Crippen molar-refractivity contribution in [2.45, 2.75) is 13.3 Å². The van der Waals surface area contributed by atoms with Gasteiger partial charge in [0.1, 0.15) is 5.69 Å². The van der Waals surface area contributed by atoms with Crippen molar-refractivity contribution >= 4 is 39.1 Å². The summed E-state index contributed by atoms with van der Waals surface area (Å²) in [4.78, 5) is 46.2. The Balaban J connectivity index is 1.94. The molecule has 2 aromatic carbocycles. The lowest BCUT2D eigenvalue weighted by Gasteiger charge is -2.02. The van der Waals surface area contributed by atoms with Crippen molar-refractivity contribution in [2.75, 3.05) is 0 Å². The number of rotatable bonds is 6. The summed E-state index contributed by atoms with van der Waals surface area (Å²) >= 11 is 0. The molecule has 0 amide bonds. The second-order valence-electron chi connectivity index (χ2n) is 6.72. The van der Waals surface area contributed by atoms with Gasteiger partial charge in [0, 0.05) is 5.56 Å². The number of nitrogens with one attached hydrogen (secondary N) is 3. The van der Waals surface area contributed by atoms with E-state index >= 15 is 0 Å². The maximum absolute atomic E-state index is 12.6. The molecule has 9 nitrogen and oxygen atoms in total. The minimum atomic E-state index is -0.607.